The van der Waals surface area contributed by atoms with Gasteiger partial charge in [-0.1, -0.05) is 6.07 Å². The molecule has 142 valence electrons. The van der Waals surface area contributed by atoms with Crippen molar-refractivity contribution in [1.82, 2.24) is 29.8 Å². The van der Waals surface area contributed by atoms with Crippen molar-refractivity contribution in [3.63, 3.8) is 0 Å². The van der Waals surface area contributed by atoms with Crippen LogP contribution in [0.5, 0.6) is 0 Å². The molecule has 0 radical (unpaired) electrons. The van der Waals surface area contributed by atoms with E-state index in [2.05, 4.69) is 25.3 Å². The molecule has 1 aliphatic heterocycles. The molecular weight excluding hydrogens is 354 g/mol. The van der Waals surface area contributed by atoms with Crippen LogP contribution < -0.4 is 11.1 Å². The number of nitrogens with zero attached hydrogens (tertiary/aromatic N) is 5. The highest BCUT2D eigenvalue weighted by Gasteiger charge is 2.45. The second-order valence-corrected chi connectivity index (χ2v) is 6.20. The van der Waals surface area contributed by atoms with Gasteiger partial charge >= 0.3 is 0 Å². The molecule has 3 aromatic heterocycles. The summed E-state index contributed by atoms with van der Waals surface area (Å²) in [6.45, 7) is -0.386. The highest BCUT2D eigenvalue weighted by molar-refractivity contribution is 5.81. The van der Waals surface area contributed by atoms with Gasteiger partial charge in [-0.2, -0.15) is 0 Å². The lowest BCUT2D eigenvalue weighted by atomic mass is 10.1. The van der Waals surface area contributed by atoms with E-state index in [9.17, 15) is 15.3 Å². The lowest BCUT2D eigenvalue weighted by Crippen LogP contribution is -2.45. The largest absolute Gasteiger partial charge is 0.394 e. The topological polar surface area (TPSA) is 164 Å². The second kappa shape index (κ2) is 7.13. The van der Waals surface area contributed by atoms with Gasteiger partial charge in [0.2, 0.25) is 0 Å². The molecule has 6 N–H and O–H groups in total. The van der Waals surface area contributed by atoms with Gasteiger partial charge in [-0.15, -0.1) is 0 Å². The van der Waals surface area contributed by atoms with Crippen molar-refractivity contribution in [2.75, 3.05) is 12.3 Å². The van der Waals surface area contributed by atoms with Crippen molar-refractivity contribution < 1.29 is 20.1 Å². The minimum Gasteiger partial charge on any atom is -0.394 e. The molecule has 1 saturated heterocycles. The number of fused-ring (bicyclic) bond motifs is 1. The summed E-state index contributed by atoms with van der Waals surface area (Å²) in [5.74, 6) is 0.218. The van der Waals surface area contributed by atoms with Crippen LogP contribution in [0.1, 0.15) is 18.0 Å². The smallest absolute Gasteiger partial charge is 0.167 e. The number of aliphatic hydroxyl groups is 3. The monoisotopic (exact) mass is 373 g/mol. The Morgan fingerprint density at radius 1 is 1.33 bits per heavy atom. The molecule has 0 aromatic carbocycles. The molecule has 5 atom stereocenters. The third kappa shape index (κ3) is 3.11. The van der Waals surface area contributed by atoms with E-state index < -0.39 is 30.7 Å². The van der Waals surface area contributed by atoms with Crippen molar-refractivity contribution >= 4 is 17.0 Å². The van der Waals surface area contributed by atoms with Crippen LogP contribution in [0.3, 0.4) is 0 Å². The third-order valence-electron chi connectivity index (χ3n) is 4.56. The molecule has 0 amide bonds. The Bertz CT molecular complexity index is 922. The molecule has 11 nitrogen and oxygen atoms in total. The average molecular weight is 373 g/mol. The Balaban J connectivity index is 1.68. The maximum atomic E-state index is 10.6. The predicted molar refractivity (Wildman–Crippen MR) is 92.9 cm³/mol. The highest BCUT2D eigenvalue weighted by Crippen LogP contribution is 2.33. The van der Waals surface area contributed by atoms with Crippen LogP contribution >= 0.6 is 0 Å². The average Bonchev–Trinajstić information content (AvgIpc) is 3.25. The lowest BCUT2D eigenvalue weighted by molar-refractivity contribution is -0.0449. The van der Waals surface area contributed by atoms with E-state index in [1.807, 2.05) is 0 Å². The number of imidazole rings is 1. The van der Waals surface area contributed by atoms with E-state index in [-0.39, 0.29) is 12.4 Å². The second-order valence-electron chi connectivity index (χ2n) is 6.20. The fraction of sp³-hybridized carbons (Fsp3) is 0.375. The van der Waals surface area contributed by atoms with Gasteiger partial charge in [0.05, 0.1) is 19.0 Å². The first-order valence-corrected chi connectivity index (χ1v) is 8.31. The van der Waals surface area contributed by atoms with Crippen molar-refractivity contribution in [2.24, 2.45) is 0 Å². The molecule has 1 aliphatic rings. The minimum absolute atomic E-state index is 0.218. The van der Waals surface area contributed by atoms with E-state index >= 15 is 0 Å². The van der Waals surface area contributed by atoms with E-state index in [1.165, 1.54) is 18.9 Å². The maximum Gasteiger partial charge on any atom is 0.167 e. The van der Waals surface area contributed by atoms with Crippen molar-refractivity contribution in [2.45, 2.75) is 30.7 Å². The van der Waals surface area contributed by atoms with Crippen LogP contribution in [0.4, 0.5) is 5.82 Å². The van der Waals surface area contributed by atoms with Crippen molar-refractivity contribution in [3.8, 4) is 0 Å². The SMILES string of the molecule is Nc1ncnc2c1ncn2[C@@H]1O[C@H](CO)[C@H](O)C1NC(O)c1cccnc1. The summed E-state index contributed by atoms with van der Waals surface area (Å²) in [6, 6.07) is 2.64. The van der Waals surface area contributed by atoms with Gasteiger partial charge in [0, 0.05) is 18.0 Å². The van der Waals surface area contributed by atoms with E-state index in [0.717, 1.165) is 0 Å². The van der Waals surface area contributed by atoms with Gasteiger partial charge in [0.1, 0.15) is 30.3 Å². The first kappa shape index (κ1) is 17.7. The number of ether oxygens (including phenoxy) is 1. The van der Waals surface area contributed by atoms with Gasteiger partial charge in [0.15, 0.2) is 17.7 Å². The summed E-state index contributed by atoms with van der Waals surface area (Å²) >= 11 is 0. The molecule has 3 aromatic rings. The summed E-state index contributed by atoms with van der Waals surface area (Å²) < 4.78 is 7.38. The number of nitrogen functional groups attached to an aromatic ring is 1. The van der Waals surface area contributed by atoms with Crippen molar-refractivity contribution in [3.05, 3.63) is 42.7 Å². The normalized spacial score (nSPS) is 26.5. The molecule has 4 heterocycles. The lowest BCUT2D eigenvalue weighted by Gasteiger charge is -2.25. The van der Waals surface area contributed by atoms with Crippen LogP contribution in [0.25, 0.3) is 11.2 Å². The number of hydrogen-bond donors (Lipinski definition) is 5. The van der Waals surface area contributed by atoms with E-state index in [4.69, 9.17) is 10.5 Å². The van der Waals surface area contributed by atoms with E-state index in [1.54, 1.807) is 22.9 Å². The Kier molecular flexibility index (Phi) is 4.68. The van der Waals surface area contributed by atoms with E-state index in [0.29, 0.717) is 16.7 Å². The molecule has 0 spiro atoms. The highest BCUT2D eigenvalue weighted by atomic mass is 16.5. The van der Waals surface area contributed by atoms with Gasteiger partial charge < -0.3 is 25.8 Å². The number of pyridine rings is 1. The fourth-order valence-corrected chi connectivity index (χ4v) is 3.19. The van der Waals surface area contributed by atoms with Crippen LogP contribution in [-0.4, -0.2) is 64.7 Å². The Morgan fingerprint density at radius 2 is 2.19 bits per heavy atom. The third-order valence-corrected chi connectivity index (χ3v) is 4.56. The van der Waals surface area contributed by atoms with Crippen LogP contribution in [0.2, 0.25) is 0 Å². The number of nitrogens with two attached hydrogens (primary N) is 1. The number of anilines is 1. The molecular formula is C16H19N7O4. The molecule has 11 heteroatoms. The quantitative estimate of drug-likeness (QED) is 0.340. The zero-order valence-corrected chi connectivity index (χ0v) is 14.1. The molecule has 27 heavy (non-hydrogen) atoms. The van der Waals surface area contributed by atoms with Gasteiger partial charge in [-0.3, -0.25) is 14.9 Å². The Labute approximate surface area is 153 Å². The van der Waals surface area contributed by atoms with Gasteiger partial charge in [-0.05, 0) is 6.07 Å². The number of nitrogens with one attached hydrogen (secondary N) is 1. The Hall–Kier alpha value is -2.70. The van der Waals surface area contributed by atoms with Crippen LogP contribution in [0.15, 0.2) is 37.2 Å². The minimum atomic E-state index is -1.10. The number of rotatable bonds is 5. The predicted octanol–water partition coefficient (Wildman–Crippen LogP) is -1.30. The fourth-order valence-electron chi connectivity index (χ4n) is 3.19. The summed E-state index contributed by atoms with van der Waals surface area (Å²) in [6.07, 6.45) is 2.07. The summed E-state index contributed by atoms with van der Waals surface area (Å²) in [4.78, 5) is 16.2. The first-order chi connectivity index (χ1) is 13.1. The zero-order chi connectivity index (χ0) is 19.0. The Morgan fingerprint density at radius 3 is 2.93 bits per heavy atom. The molecule has 1 fully saturated rings. The first-order valence-electron chi connectivity index (χ1n) is 8.31. The molecule has 0 bridgehead atoms. The summed E-state index contributed by atoms with van der Waals surface area (Å²) in [5.41, 5.74) is 7.16. The summed E-state index contributed by atoms with van der Waals surface area (Å²) in [7, 11) is 0. The molecule has 2 unspecified atom stereocenters. The summed E-state index contributed by atoms with van der Waals surface area (Å²) in [5, 5.41) is 33.5. The van der Waals surface area contributed by atoms with Crippen LogP contribution in [0, 0.1) is 0 Å². The number of aliphatic hydroxyl groups excluding tert-OH is 3. The zero-order valence-electron chi connectivity index (χ0n) is 14.1. The standard InChI is InChI=1S/C16H19N7O4/c17-13-11-14(20-6-19-13)23(7-21-11)16-10(12(25)9(5-24)27-16)22-15(26)8-2-1-3-18-4-8/h1-4,6-7,9-10,12,15-16,22,24-26H,5H2,(H2,17,19,20)/t9-,10?,12+,15?,16-/m1/s1. The van der Waals surface area contributed by atoms with Gasteiger partial charge in [-0.25, -0.2) is 15.0 Å². The molecule has 0 saturated carbocycles. The number of hydrogen-bond acceptors (Lipinski definition) is 10. The maximum absolute atomic E-state index is 10.6. The van der Waals surface area contributed by atoms with Crippen molar-refractivity contribution in [1.29, 1.82) is 0 Å². The molecule has 0 aliphatic carbocycles. The number of aromatic nitrogens is 5. The molecule has 4 rings (SSSR count). The van der Waals surface area contributed by atoms with Crippen LogP contribution in [-0.2, 0) is 4.74 Å². The van der Waals surface area contributed by atoms with Gasteiger partial charge in [0.25, 0.3) is 0 Å².